The maximum atomic E-state index is 10.9. The number of aromatic amines is 1. The van der Waals surface area contributed by atoms with Crippen LogP contribution in [0.25, 0.3) is 11.0 Å². The average molecular weight is 198 g/mol. The third-order valence-electron chi connectivity index (χ3n) is 1.49. The SMILES string of the molecule is O=C(O)c1onc2c(=O)oc(=O)[nH]c12. The molecule has 0 aliphatic carbocycles. The van der Waals surface area contributed by atoms with Crippen LogP contribution in [0.5, 0.6) is 0 Å². The van der Waals surface area contributed by atoms with Crippen LogP contribution in [0.4, 0.5) is 0 Å². The molecule has 0 aromatic carbocycles. The number of H-pyrrole nitrogens is 1. The van der Waals surface area contributed by atoms with Gasteiger partial charge in [-0.15, -0.1) is 0 Å². The van der Waals surface area contributed by atoms with Crippen molar-refractivity contribution in [2.45, 2.75) is 0 Å². The summed E-state index contributed by atoms with van der Waals surface area (Å²) in [5, 5.41) is 11.7. The van der Waals surface area contributed by atoms with Crippen LogP contribution in [-0.2, 0) is 0 Å². The van der Waals surface area contributed by atoms with Gasteiger partial charge in [-0.3, -0.25) is 4.98 Å². The molecule has 8 heteroatoms. The zero-order valence-corrected chi connectivity index (χ0v) is 6.44. The van der Waals surface area contributed by atoms with E-state index in [1.165, 1.54) is 0 Å². The molecule has 0 unspecified atom stereocenters. The van der Waals surface area contributed by atoms with E-state index >= 15 is 0 Å². The molecule has 0 saturated heterocycles. The Labute approximate surface area is 73.7 Å². The maximum absolute atomic E-state index is 10.9. The Morgan fingerprint density at radius 3 is 2.79 bits per heavy atom. The molecule has 0 spiro atoms. The summed E-state index contributed by atoms with van der Waals surface area (Å²) in [6.07, 6.45) is 0. The van der Waals surface area contributed by atoms with E-state index in [2.05, 4.69) is 14.1 Å². The van der Waals surface area contributed by atoms with Crippen molar-refractivity contribution >= 4 is 17.0 Å². The van der Waals surface area contributed by atoms with Crippen molar-refractivity contribution in [2.75, 3.05) is 0 Å². The monoisotopic (exact) mass is 198 g/mol. The molecule has 0 radical (unpaired) electrons. The van der Waals surface area contributed by atoms with Gasteiger partial charge in [0, 0.05) is 0 Å². The van der Waals surface area contributed by atoms with Crippen LogP contribution < -0.4 is 11.4 Å². The molecule has 0 aliphatic heterocycles. The molecule has 2 aromatic rings. The summed E-state index contributed by atoms with van der Waals surface area (Å²) in [5.41, 5.74) is -1.68. The molecule has 2 heterocycles. The molecule has 14 heavy (non-hydrogen) atoms. The quantitative estimate of drug-likeness (QED) is 0.611. The summed E-state index contributed by atoms with van der Waals surface area (Å²) in [6, 6.07) is 0. The number of carboxylic acid groups (broad SMARTS) is 1. The van der Waals surface area contributed by atoms with Gasteiger partial charge in [0.25, 0.3) is 5.76 Å². The van der Waals surface area contributed by atoms with Crippen molar-refractivity contribution in [1.29, 1.82) is 0 Å². The molecule has 8 nitrogen and oxygen atoms in total. The van der Waals surface area contributed by atoms with Crippen LogP contribution in [0.15, 0.2) is 18.5 Å². The molecule has 0 amide bonds. The van der Waals surface area contributed by atoms with E-state index in [1.54, 1.807) is 0 Å². The Balaban J connectivity index is 3.00. The first kappa shape index (κ1) is 8.23. The number of nitrogens with one attached hydrogen (secondary N) is 1. The highest BCUT2D eigenvalue weighted by Gasteiger charge is 2.19. The van der Waals surface area contributed by atoms with Crippen LogP contribution in [0.2, 0.25) is 0 Å². The Morgan fingerprint density at radius 2 is 2.14 bits per heavy atom. The standard InChI is InChI=1S/C6H2N2O6/c9-4(10)3-1-2(8-14-3)5(11)13-6(12)7-1/h(H,7,12)(H,9,10). The highest BCUT2D eigenvalue weighted by molar-refractivity contribution is 5.97. The number of fused-ring (bicyclic) bond motifs is 1. The fourth-order valence-corrected chi connectivity index (χ4v) is 0.951. The normalized spacial score (nSPS) is 10.6. The number of hydrogen-bond donors (Lipinski definition) is 2. The largest absolute Gasteiger partial charge is 0.475 e. The van der Waals surface area contributed by atoms with Gasteiger partial charge < -0.3 is 14.0 Å². The predicted molar refractivity (Wildman–Crippen MR) is 40.1 cm³/mol. The molecule has 0 atom stereocenters. The van der Waals surface area contributed by atoms with Gasteiger partial charge in [0.1, 0.15) is 5.52 Å². The van der Waals surface area contributed by atoms with Gasteiger partial charge in [-0.05, 0) is 0 Å². The first-order chi connectivity index (χ1) is 6.59. The van der Waals surface area contributed by atoms with Crippen molar-refractivity contribution < 1.29 is 18.8 Å². The van der Waals surface area contributed by atoms with Crippen LogP contribution in [0, 0.1) is 0 Å². The lowest BCUT2D eigenvalue weighted by atomic mass is 10.4. The zero-order chi connectivity index (χ0) is 10.3. The lowest BCUT2D eigenvalue weighted by Crippen LogP contribution is -2.14. The van der Waals surface area contributed by atoms with E-state index in [0.717, 1.165) is 0 Å². The number of carbonyl (C=O) groups is 1. The second-order valence-corrected chi connectivity index (χ2v) is 2.34. The first-order valence-electron chi connectivity index (χ1n) is 3.35. The molecular weight excluding hydrogens is 196 g/mol. The molecule has 2 N–H and O–H groups in total. The minimum absolute atomic E-state index is 0.279. The third kappa shape index (κ3) is 1.01. The zero-order valence-electron chi connectivity index (χ0n) is 6.44. The van der Waals surface area contributed by atoms with Crippen molar-refractivity contribution in [2.24, 2.45) is 0 Å². The van der Waals surface area contributed by atoms with Gasteiger partial charge in [-0.25, -0.2) is 14.4 Å². The van der Waals surface area contributed by atoms with Gasteiger partial charge in [0.15, 0.2) is 0 Å². The smallest absolute Gasteiger partial charge is 0.419 e. The topological polar surface area (TPSA) is 126 Å². The molecular formula is C6H2N2O6. The van der Waals surface area contributed by atoms with Crippen molar-refractivity contribution in [3.05, 3.63) is 26.7 Å². The molecule has 0 fully saturated rings. The van der Waals surface area contributed by atoms with E-state index < -0.39 is 23.1 Å². The summed E-state index contributed by atoms with van der Waals surface area (Å²) in [7, 11) is 0. The Morgan fingerprint density at radius 1 is 1.43 bits per heavy atom. The number of nitrogens with zero attached hydrogens (tertiary/aromatic N) is 1. The Hall–Kier alpha value is -2.38. The van der Waals surface area contributed by atoms with Crippen molar-refractivity contribution in [3.63, 3.8) is 0 Å². The third-order valence-corrected chi connectivity index (χ3v) is 1.49. The number of rotatable bonds is 1. The van der Waals surface area contributed by atoms with Gasteiger partial charge in [-0.1, -0.05) is 5.16 Å². The highest BCUT2D eigenvalue weighted by Crippen LogP contribution is 2.09. The molecule has 2 aromatic heterocycles. The van der Waals surface area contributed by atoms with Crippen LogP contribution in [0.3, 0.4) is 0 Å². The maximum Gasteiger partial charge on any atom is 0.419 e. The second kappa shape index (κ2) is 2.55. The number of carboxylic acids is 1. The van der Waals surface area contributed by atoms with Gasteiger partial charge >= 0.3 is 17.4 Å². The van der Waals surface area contributed by atoms with Gasteiger partial charge in [0.2, 0.25) is 5.52 Å². The van der Waals surface area contributed by atoms with Crippen molar-refractivity contribution in [3.8, 4) is 0 Å². The Bertz CT molecular complexity index is 617. The molecule has 2 rings (SSSR count). The summed E-state index contributed by atoms with van der Waals surface area (Å²) >= 11 is 0. The molecule has 0 saturated carbocycles. The van der Waals surface area contributed by atoms with E-state index in [4.69, 9.17) is 5.11 Å². The fraction of sp³-hybridized carbons (Fsp3) is 0. The minimum Gasteiger partial charge on any atom is -0.475 e. The fourth-order valence-electron chi connectivity index (χ4n) is 0.951. The van der Waals surface area contributed by atoms with E-state index in [1.807, 2.05) is 4.98 Å². The second-order valence-electron chi connectivity index (χ2n) is 2.34. The lowest BCUT2D eigenvalue weighted by molar-refractivity contribution is 0.0655. The average Bonchev–Trinajstić information content (AvgIpc) is 2.47. The van der Waals surface area contributed by atoms with E-state index in [0.29, 0.717) is 0 Å². The van der Waals surface area contributed by atoms with E-state index in [9.17, 15) is 14.4 Å². The van der Waals surface area contributed by atoms with Gasteiger partial charge in [0.05, 0.1) is 0 Å². The summed E-state index contributed by atoms with van der Waals surface area (Å²) < 4.78 is 8.43. The molecule has 72 valence electrons. The molecule has 0 aliphatic rings. The predicted octanol–water partition coefficient (Wildman–Crippen LogP) is -0.833. The number of aromatic nitrogens is 2. The summed E-state index contributed by atoms with van der Waals surface area (Å²) in [5.74, 6) is -3.10. The van der Waals surface area contributed by atoms with Crippen LogP contribution >= 0.6 is 0 Å². The minimum atomic E-state index is -1.44. The number of aromatic carboxylic acids is 1. The first-order valence-corrected chi connectivity index (χ1v) is 3.35. The van der Waals surface area contributed by atoms with Crippen LogP contribution in [-0.4, -0.2) is 21.2 Å². The van der Waals surface area contributed by atoms with Crippen LogP contribution in [0.1, 0.15) is 10.6 Å². The summed E-state index contributed by atoms with van der Waals surface area (Å²) in [6.45, 7) is 0. The summed E-state index contributed by atoms with van der Waals surface area (Å²) in [4.78, 5) is 34.1. The molecule has 0 bridgehead atoms. The Kier molecular flexibility index (Phi) is 1.50. The number of hydrogen-bond acceptors (Lipinski definition) is 6. The van der Waals surface area contributed by atoms with Crippen molar-refractivity contribution in [1.82, 2.24) is 10.1 Å². The van der Waals surface area contributed by atoms with E-state index in [-0.39, 0.29) is 11.0 Å². The lowest BCUT2D eigenvalue weighted by Gasteiger charge is -1.85. The highest BCUT2D eigenvalue weighted by atomic mass is 16.5. The van der Waals surface area contributed by atoms with Gasteiger partial charge in [-0.2, -0.15) is 0 Å².